The first kappa shape index (κ1) is 14.2. The summed E-state index contributed by atoms with van der Waals surface area (Å²) in [5, 5.41) is 0.656. The Morgan fingerprint density at radius 1 is 1.10 bits per heavy atom. The number of carbonyl (C=O) groups is 1. The van der Waals surface area contributed by atoms with Gasteiger partial charge in [0.2, 0.25) is 0 Å². The third-order valence-corrected chi connectivity index (χ3v) is 4.59. The Hall–Kier alpha value is -1.80. The highest BCUT2D eigenvalue weighted by atomic mass is 35.5. The number of hydrogen-bond donors (Lipinski definition) is 0. The summed E-state index contributed by atoms with van der Waals surface area (Å²) in [7, 11) is 0. The minimum absolute atomic E-state index is 0.0950. The van der Waals surface area contributed by atoms with Crippen molar-refractivity contribution < 1.29 is 4.79 Å². The quantitative estimate of drug-likeness (QED) is 0.807. The summed E-state index contributed by atoms with van der Waals surface area (Å²) in [6, 6.07) is 17.8. The lowest BCUT2D eigenvalue weighted by atomic mass is 9.93. The van der Waals surface area contributed by atoms with Crippen molar-refractivity contribution >= 4 is 17.5 Å². The van der Waals surface area contributed by atoms with Crippen LogP contribution in [0.25, 0.3) is 0 Å². The fraction of sp³-hybridized carbons (Fsp3) is 0.278. The summed E-state index contributed by atoms with van der Waals surface area (Å²) in [5.74, 6) is 0.514. The third-order valence-electron chi connectivity index (χ3n) is 4.33. The highest BCUT2D eigenvalue weighted by Gasteiger charge is 2.34. The van der Waals surface area contributed by atoms with Crippen LogP contribution >= 0.6 is 11.6 Å². The number of rotatable bonds is 2. The Labute approximate surface area is 130 Å². The van der Waals surface area contributed by atoms with Crippen molar-refractivity contribution in [2.24, 2.45) is 0 Å². The number of benzene rings is 2. The summed E-state index contributed by atoms with van der Waals surface area (Å²) >= 11 is 5.88. The Morgan fingerprint density at radius 2 is 1.76 bits per heavy atom. The maximum absolute atomic E-state index is 12.6. The molecule has 2 aromatic rings. The molecule has 0 aliphatic carbocycles. The van der Waals surface area contributed by atoms with E-state index in [1.807, 2.05) is 11.0 Å². The second kappa shape index (κ2) is 5.90. The van der Waals surface area contributed by atoms with Gasteiger partial charge in [-0.25, -0.2) is 0 Å². The second-order valence-electron chi connectivity index (χ2n) is 5.55. The fourth-order valence-corrected chi connectivity index (χ4v) is 3.26. The number of halogens is 1. The molecule has 2 aromatic carbocycles. The van der Waals surface area contributed by atoms with Crippen LogP contribution in [0.2, 0.25) is 5.02 Å². The van der Waals surface area contributed by atoms with Crippen LogP contribution in [0, 0.1) is 0 Å². The minimum atomic E-state index is 0.0950. The van der Waals surface area contributed by atoms with E-state index in [4.69, 9.17) is 11.6 Å². The number of likely N-dealkylation sites (tertiary alicyclic amines) is 1. The molecule has 0 saturated carbocycles. The van der Waals surface area contributed by atoms with Crippen LogP contribution in [0.4, 0.5) is 0 Å². The van der Waals surface area contributed by atoms with E-state index in [1.165, 1.54) is 5.56 Å². The topological polar surface area (TPSA) is 20.3 Å². The van der Waals surface area contributed by atoms with Gasteiger partial charge in [0, 0.05) is 29.1 Å². The number of amides is 1. The first-order valence-electron chi connectivity index (χ1n) is 7.28. The van der Waals surface area contributed by atoms with Gasteiger partial charge in [-0.2, -0.15) is 0 Å². The zero-order valence-electron chi connectivity index (χ0n) is 12.0. The molecule has 0 bridgehead atoms. The van der Waals surface area contributed by atoms with E-state index in [0.717, 1.165) is 13.0 Å². The molecule has 21 heavy (non-hydrogen) atoms. The normalized spacial score (nSPS) is 21.5. The maximum atomic E-state index is 12.6. The highest BCUT2D eigenvalue weighted by molar-refractivity contribution is 6.30. The predicted octanol–water partition coefficient (Wildman–Crippen LogP) is 4.36. The summed E-state index contributed by atoms with van der Waals surface area (Å²) in [6.07, 6.45) is 1.02. The van der Waals surface area contributed by atoms with Crippen molar-refractivity contribution in [3.8, 4) is 0 Å². The van der Waals surface area contributed by atoms with Crippen LogP contribution in [0.3, 0.4) is 0 Å². The number of carbonyl (C=O) groups excluding carboxylic acids is 1. The molecule has 1 heterocycles. The van der Waals surface area contributed by atoms with Gasteiger partial charge in [-0.1, -0.05) is 41.9 Å². The average molecular weight is 300 g/mol. The van der Waals surface area contributed by atoms with Gasteiger partial charge in [-0.05, 0) is 43.2 Å². The Kier molecular flexibility index (Phi) is 3.98. The lowest BCUT2D eigenvalue weighted by molar-refractivity contribution is 0.0742. The molecule has 1 aliphatic heterocycles. The van der Waals surface area contributed by atoms with Gasteiger partial charge >= 0.3 is 0 Å². The summed E-state index contributed by atoms with van der Waals surface area (Å²) in [4.78, 5) is 14.6. The van der Waals surface area contributed by atoms with E-state index in [1.54, 1.807) is 24.3 Å². The molecule has 108 valence electrons. The SMILES string of the molecule is C[C@@H]1[C@H](c2ccccc2)CCN1C(=O)c1ccc(Cl)cc1. The third kappa shape index (κ3) is 2.81. The molecule has 0 radical (unpaired) electrons. The molecular weight excluding hydrogens is 282 g/mol. The first-order valence-corrected chi connectivity index (χ1v) is 7.66. The molecule has 1 fully saturated rings. The van der Waals surface area contributed by atoms with Crippen molar-refractivity contribution in [2.45, 2.75) is 25.3 Å². The van der Waals surface area contributed by atoms with Crippen molar-refractivity contribution in [3.63, 3.8) is 0 Å². The molecule has 0 N–H and O–H groups in total. The standard InChI is InChI=1S/C18H18ClNO/c1-13-17(14-5-3-2-4-6-14)11-12-20(13)18(21)15-7-9-16(19)10-8-15/h2-10,13,17H,11-12H2,1H3/t13-,17-/m1/s1. The molecule has 3 rings (SSSR count). The predicted molar refractivity (Wildman–Crippen MR) is 85.8 cm³/mol. The van der Waals surface area contributed by atoms with E-state index in [0.29, 0.717) is 16.5 Å². The van der Waals surface area contributed by atoms with E-state index in [-0.39, 0.29) is 11.9 Å². The van der Waals surface area contributed by atoms with Crippen LogP contribution in [-0.2, 0) is 0 Å². The molecule has 1 amide bonds. The molecule has 2 nitrogen and oxygen atoms in total. The lowest BCUT2D eigenvalue weighted by Gasteiger charge is -2.25. The molecule has 0 spiro atoms. The molecule has 0 aromatic heterocycles. The first-order chi connectivity index (χ1) is 10.2. The van der Waals surface area contributed by atoms with Crippen molar-refractivity contribution in [1.82, 2.24) is 4.90 Å². The van der Waals surface area contributed by atoms with Gasteiger partial charge in [0.25, 0.3) is 5.91 Å². The van der Waals surface area contributed by atoms with Gasteiger partial charge < -0.3 is 4.90 Å². The Bertz CT molecular complexity index is 623. The highest BCUT2D eigenvalue weighted by Crippen LogP contribution is 2.34. The average Bonchev–Trinajstić information content (AvgIpc) is 2.90. The smallest absolute Gasteiger partial charge is 0.254 e. The number of nitrogens with zero attached hydrogens (tertiary/aromatic N) is 1. The van der Waals surface area contributed by atoms with Crippen molar-refractivity contribution in [3.05, 3.63) is 70.7 Å². The maximum Gasteiger partial charge on any atom is 0.254 e. The van der Waals surface area contributed by atoms with Crippen LogP contribution in [-0.4, -0.2) is 23.4 Å². The minimum Gasteiger partial charge on any atom is -0.335 e. The molecule has 1 aliphatic rings. The van der Waals surface area contributed by atoms with Crippen LogP contribution in [0.1, 0.15) is 35.2 Å². The molecule has 1 saturated heterocycles. The molecule has 3 heteroatoms. The van der Waals surface area contributed by atoms with Gasteiger partial charge in [0.15, 0.2) is 0 Å². The largest absolute Gasteiger partial charge is 0.335 e. The van der Waals surface area contributed by atoms with Crippen LogP contribution in [0.5, 0.6) is 0 Å². The Morgan fingerprint density at radius 3 is 2.43 bits per heavy atom. The summed E-state index contributed by atoms with van der Waals surface area (Å²) in [6.45, 7) is 2.95. The molecule has 0 unspecified atom stereocenters. The number of hydrogen-bond acceptors (Lipinski definition) is 1. The summed E-state index contributed by atoms with van der Waals surface area (Å²) in [5.41, 5.74) is 2.02. The Balaban J connectivity index is 1.79. The zero-order chi connectivity index (χ0) is 14.8. The molecular formula is C18H18ClNO. The van der Waals surface area contributed by atoms with Crippen LogP contribution in [0.15, 0.2) is 54.6 Å². The van der Waals surface area contributed by atoms with E-state index in [2.05, 4.69) is 31.2 Å². The van der Waals surface area contributed by atoms with Crippen molar-refractivity contribution in [2.75, 3.05) is 6.54 Å². The van der Waals surface area contributed by atoms with Gasteiger partial charge in [-0.3, -0.25) is 4.79 Å². The van der Waals surface area contributed by atoms with Gasteiger partial charge in [-0.15, -0.1) is 0 Å². The van der Waals surface area contributed by atoms with Gasteiger partial charge in [0.05, 0.1) is 0 Å². The zero-order valence-corrected chi connectivity index (χ0v) is 12.8. The van der Waals surface area contributed by atoms with Gasteiger partial charge in [0.1, 0.15) is 0 Å². The van der Waals surface area contributed by atoms with E-state index >= 15 is 0 Å². The monoisotopic (exact) mass is 299 g/mol. The van der Waals surface area contributed by atoms with E-state index < -0.39 is 0 Å². The molecule has 2 atom stereocenters. The summed E-state index contributed by atoms with van der Waals surface area (Å²) < 4.78 is 0. The fourth-order valence-electron chi connectivity index (χ4n) is 3.13. The van der Waals surface area contributed by atoms with Crippen LogP contribution < -0.4 is 0 Å². The lowest BCUT2D eigenvalue weighted by Crippen LogP contribution is -2.35. The van der Waals surface area contributed by atoms with Crippen molar-refractivity contribution in [1.29, 1.82) is 0 Å². The second-order valence-corrected chi connectivity index (χ2v) is 5.99. The van der Waals surface area contributed by atoms with E-state index in [9.17, 15) is 4.79 Å².